The molecule has 1 heterocycles. The summed E-state index contributed by atoms with van der Waals surface area (Å²) < 4.78 is 33.6. The molecule has 0 fully saturated rings. The minimum atomic E-state index is -3.62. The SMILES string of the molecule is CCn1c(NC(=O)CCCN(C)S(=O)(=O)c2ccc(OC)cc2)nc2ccccc21. The molecule has 0 atom stereocenters. The van der Waals surface area contributed by atoms with Gasteiger partial charge in [0, 0.05) is 26.6 Å². The van der Waals surface area contributed by atoms with Crippen LogP contribution >= 0.6 is 0 Å². The number of carbonyl (C=O) groups excluding carboxylic acids is 1. The highest BCUT2D eigenvalue weighted by molar-refractivity contribution is 7.89. The molecular formula is C21H26N4O4S. The standard InChI is InChI=1S/C21H26N4O4S/c1-4-25-19-9-6-5-8-18(19)22-21(25)23-20(26)10-7-15-24(2)30(27,28)17-13-11-16(29-3)12-14-17/h5-6,8-9,11-14H,4,7,10,15H2,1-3H3,(H,22,23,26). The first-order chi connectivity index (χ1) is 14.4. The number of methoxy groups -OCH3 is 1. The van der Waals surface area contributed by atoms with E-state index in [9.17, 15) is 13.2 Å². The van der Waals surface area contributed by atoms with E-state index < -0.39 is 10.0 Å². The largest absolute Gasteiger partial charge is 0.497 e. The topological polar surface area (TPSA) is 93.5 Å². The highest BCUT2D eigenvalue weighted by Crippen LogP contribution is 2.20. The number of nitrogens with one attached hydrogen (secondary N) is 1. The molecule has 9 heteroatoms. The highest BCUT2D eigenvalue weighted by atomic mass is 32.2. The van der Waals surface area contributed by atoms with Crippen molar-refractivity contribution in [3.8, 4) is 5.75 Å². The van der Waals surface area contributed by atoms with Crippen molar-refractivity contribution in [2.45, 2.75) is 31.2 Å². The van der Waals surface area contributed by atoms with Crippen LogP contribution in [0.5, 0.6) is 5.75 Å². The van der Waals surface area contributed by atoms with Crippen molar-refractivity contribution >= 4 is 32.9 Å². The molecule has 2 aromatic carbocycles. The smallest absolute Gasteiger partial charge is 0.242 e. The van der Waals surface area contributed by atoms with E-state index in [4.69, 9.17) is 4.74 Å². The van der Waals surface area contributed by atoms with Crippen LogP contribution in [0, 0.1) is 0 Å². The van der Waals surface area contributed by atoms with Crippen LogP contribution in [0.2, 0.25) is 0 Å². The maximum atomic E-state index is 12.7. The van der Waals surface area contributed by atoms with Crippen molar-refractivity contribution in [1.29, 1.82) is 0 Å². The number of ether oxygens (including phenoxy) is 1. The van der Waals surface area contributed by atoms with Gasteiger partial charge in [-0.2, -0.15) is 0 Å². The summed E-state index contributed by atoms with van der Waals surface area (Å²) in [5.41, 5.74) is 1.78. The molecule has 1 N–H and O–H groups in total. The van der Waals surface area contributed by atoms with Crippen LogP contribution in [-0.4, -0.2) is 48.9 Å². The lowest BCUT2D eigenvalue weighted by atomic mass is 10.3. The monoisotopic (exact) mass is 430 g/mol. The number of hydrogen-bond acceptors (Lipinski definition) is 5. The summed E-state index contributed by atoms with van der Waals surface area (Å²) in [4.78, 5) is 17.0. The molecule has 1 amide bonds. The van der Waals surface area contributed by atoms with Gasteiger partial charge >= 0.3 is 0 Å². The zero-order chi connectivity index (χ0) is 21.7. The number of fused-ring (bicyclic) bond motifs is 1. The van der Waals surface area contributed by atoms with Crippen LogP contribution in [0.15, 0.2) is 53.4 Å². The lowest BCUT2D eigenvalue weighted by molar-refractivity contribution is -0.116. The average Bonchev–Trinajstić information content (AvgIpc) is 3.10. The summed E-state index contributed by atoms with van der Waals surface area (Å²) in [6.45, 7) is 2.90. The predicted molar refractivity (Wildman–Crippen MR) is 116 cm³/mol. The average molecular weight is 431 g/mol. The second-order valence-corrected chi connectivity index (χ2v) is 8.87. The van der Waals surface area contributed by atoms with Gasteiger partial charge < -0.3 is 9.30 Å². The second kappa shape index (κ2) is 9.27. The number of aromatic nitrogens is 2. The Morgan fingerprint density at radius 1 is 1.17 bits per heavy atom. The van der Waals surface area contributed by atoms with E-state index in [0.29, 0.717) is 24.7 Å². The second-order valence-electron chi connectivity index (χ2n) is 6.82. The number of para-hydroxylation sites is 2. The molecule has 0 aliphatic rings. The summed E-state index contributed by atoms with van der Waals surface area (Å²) >= 11 is 0. The lowest BCUT2D eigenvalue weighted by Gasteiger charge is -2.17. The quantitative estimate of drug-likeness (QED) is 0.563. The number of anilines is 1. The Balaban J connectivity index is 1.57. The molecule has 0 saturated carbocycles. The maximum absolute atomic E-state index is 12.7. The van der Waals surface area contributed by atoms with Crippen molar-refractivity contribution in [3.63, 3.8) is 0 Å². The normalized spacial score (nSPS) is 11.7. The number of nitrogens with zero attached hydrogens (tertiary/aromatic N) is 3. The van der Waals surface area contributed by atoms with Gasteiger partial charge in [-0.15, -0.1) is 0 Å². The van der Waals surface area contributed by atoms with Crippen LogP contribution in [0.25, 0.3) is 11.0 Å². The molecule has 160 valence electrons. The lowest BCUT2D eigenvalue weighted by Crippen LogP contribution is -2.28. The molecule has 1 aromatic heterocycles. The van der Waals surface area contributed by atoms with E-state index in [-0.39, 0.29) is 23.8 Å². The fourth-order valence-electron chi connectivity index (χ4n) is 3.19. The Kier molecular flexibility index (Phi) is 6.73. The molecule has 8 nitrogen and oxygen atoms in total. The van der Waals surface area contributed by atoms with Crippen LogP contribution < -0.4 is 10.1 Å². The molecule has 0 spiro atoms. The Hall–Kier alpha value is -2.91. The first kappa shape index (κ1) is 21.8. The molecule has 0 aliphatic heterocycles. The van der Waals surface area contributed by atoms with E-state index in [0.717, 1.165) is 11.0 Å². The van der Waals surface area contributed by atoms with E-state index in [2.05, 4.69) is 10.3 Å². The molecule has 3 rings (SSSR count). The summed E-state index contributed by atoms with van der Waals surface area (Å²) in [5, 5.41) is 2.84. The summed E-state index contributed by atoms with van der Waals surface area (Å²) in [7, 11) is -0.587. The number of imidazole rings is 1. The van der Waals surface area contributed by atoms with Crippen molar-refractivity contribution in [2.24, 2.45) is 0 Å². The van der Waals surface area contributed by atoms with E-state index >= 15 is 0 Å². The molecule has 0 saturated heterocycles. The third kappa shape index (κ3) is 4.63. The summed E-state index contributed by atoms with van der Waals surface area (Å²) in [6, 6.07) is 13.9. The number of benzene rings is 2. The summed E-state index contributed by atoms with van der Waals surface area (Å²) in [6.07, 6.45) is 0.583. The van der Waals surface area contributed by atoms with Gasteiger partial charge in [-0.25, -0.2) is 17.7 Å². The Morgan fingerprint density at radius 2 is 1.87 bits per heavy atom. The Morgan fingerprint density at radius 3 is 2.53 bits per heavy atom. The van der Waals surface area contributed by atoms with Crippen molar-refractivity contribution in [3.05, 3.63) is 48.5 Å². The van der Waals surface area contributed by atoms with E-state index in [1.165, 1.54) is 30.6 Å². The third-order valence-electron chi connectivity index (χ3n) is 4.87. The number of aryl methyl sites for hydroxylation is 1. The predicted octanol–water partition coefficient (Wildman–Crippen LogP) is 3.10. The third-order valence-corrected chi connectivity index (χ3v) is 6.74. The number of amides is 1. The first-order valence-corrected chi connectivity index (χ1v) is 11.2. The number of sulfonamides is 1. The van der Waals surface area contributed by atoms with E-state index in [1.807, 2.05) is 35.8 Å². The van der Waals surface area contributed by atoms with Gasteiger partial charge in [-0.1, -0.05) is 12.1 Å². The number of rotatable bonds is 9. The van der Waals surface area contributed by atoms with Crippen LogP contribution in [0.3, 0.4) is 0 Å². The van der Waals surface area contributed by atoms with Gasteiger partial charge in [0.1, 0.15) is 5.75 Å². The van der Waals surface area contributed by atoms with E-state index in [1.54, 1.807) is 12.1 Å². The number of hydrogen-bond donors (Lipinski definition) is 1. The van der Waals surface area contributed by atoms with Crippen LogP contribution in [-0.2, 0) is 21.4 Å². The molecular weight excluding hydrogens is 404 g/mol. The number of carbonyl (C=O) groups is 1. The Labute approximate surface area is 176 Å². The van der Waals surface area contributed by atoms with Crippen molar-refractivity contribution in [2.75, 3.05) is 26.0 Å². The molecule has 30 heavy (non-hydrogen) atoms. The summed E-state index contributed by atoms with van der Waals surface area (Å²) in [5.74, 6) is 0.893. The Bertz CT molecular complexity index is 1120. The molecule has 0 bridgehead atoms. The van der Waals surface area contributed by atoms with Crippen LogP contribution in [0.4, 0.5) is 5.95 Å². The fourth-order valence-corrected chi connectivity index (χ4v) is 4.40. The highest BCUT2D eigenvalue weighted by Gasteiger charge is 2.21. The molecule has 0 unspecified atom stereocenters. The van der Waals surface area contributed by atoms with Crippen LogP contribution in [0.1, 0.15) is 19.8 Å². The van der Waals surface area contributed by atoms with Gasteiger partial charge in [-0.05, 0) is 49.7 Å². The van der Waals surface area contributed by atoms with Gasteiger partial charge in [-0.3, -0.25) is 10.1 Å². The van der Waals surface area contributed by atoms with Gasteiger partial charge in [0.2, 0.25) is 21.9 Å². The van der Waals surface area contributed by atoms with Gasteiger partial charge in [0.05, 0.1) is 23.0 Å². The minimum Gasteiger partial charge on any atom is -0.497 e. The van der Waals surface area contributed by atoms with Crippen molar-refractivity contribution in [1.82, 2.24) is 13.9 Å². The zero-order valence-corrected chi connectivity index (χ0v) is 18.1. The first-order valence-electron chi connectivity index (χ1n) is 9.72. The molecule has 3 aromatic rings. The minimum absolute atomic E-state index is 0.187. The maximum Gasteiger partial charge on any atom is 0.242 e. The van der Waals surface area contributed by atoms with Crippen molar-refractivity contribution < 1.29 is 17.9 Å². The molecule has 0 aliphatic carbocycles. The molecule has 0 radical (unpaired) electrons. The fraction of sp³-hybridized carbons (Fsp3) is 0.333. The zero-order valence-electron chi connectivity index (χ0n) is 17.3. The van der Waals surface area contributed by atoms with Gasteiger partial charge in [0.25, 0.3) is 0 Å². The van der Waals surface area contributed by atoms with Gasteiger partial charge in [0.15, 0.2) is 0 Å².